The Labute approximate surface area is 161 Å². The minimum absolute atomic E-state index is 0.0982. The largest absolute Gasteiger partial charge is 0.507 e. The summed E-state index contributed by atoms with van der Waals surface area (Å²) >= 11 is 12.1. The van der Waals surface area contributed by atoms with Crippen molar-refractivity contribution in [2.45, 2.75) is 13.3 Å². The van der Waals surface area contributed by atoms with Gasteiger partial charge >= 0.3 is 0 Å². The van der Waals surface area contributed by atoms with E-state index >= 15 is 0 Å². The maximum absolute atomic E-state index is 12.5. The van der Waals surface area contributed by atoms with Crippen LogP contribution in [0.1, 0.15) is 29.3 Å². The zero-order valence-corrected chi connectivity index (χ0v) is 15.5. The van der Waals surface area contributed by atoms with Crippen LogP contribution in [0, 0.1) is 0 Å². The van der Waals surface area contributed by atoms with Gasteiger partial charge in [0.2, 0.25) is 0 Å². The van der Waals surface area contributed by atoms with Crippen molar-refractivity contribution in [3.63, 3.8) is 0 Å². The van der Waals surface area contributed by atoms with Crippen molar-refractivity contribution in [2.24, 2.45) is 5.10 Å². The van der Waals surface area contributed by atoms with E-state index in [-0.39, 0.29) is 11.3 Å². The molecule has 0 atom stereocenters. The normalized spacial score (nSPS) is 11.6. The lowest BCUT2D eigenvalue weighted by atomic mass is 10.1. The molecule has 0 aliphatic carbocycles. The number of halogens is 2. The summed E-state index contributed by atoms with van der Waals surface area (Å²) in [6, 6.07) is 15.8. The molecule has 0 unspecified atom stereocenters. The summed E-state index contributed by atoms with van der Waals surface area (Å²) in [5, 5.41) is 17.0. The summed E-state index contributed by atoms with van der Waals surface area (Å²) in [4.78, 5) is 12.5. The fraction of sp³-hybridized carbons (Fsp3) is 0.100. The van der Waals surface area contributed by atoms with E-state index in [1.807, 2.05) is 31.2 Å². The molecule has 2 N–H and O–H groups in total. The highest BCUT2D eigenvalue weighted by atomic mass is 35.5. The summed E-state index contributed by atoms with van der Waals surface area (Å²) < 4.78 is 0. The van der Waals surface area contributed by atoms with Crippen LogP contribution in [0.4, 0.5) is 0 Å². The number of aromatic hydroxyl groups is 1. The van der Waals surface area contributed by atoms with Gasteiger partial charge in [0.15, 0.2) is 0 Å². The van der Waals surface area contributed by atoms with Crippen molar-refractivity contribution in [1.82, 2.24) is 5.43 Å². The molecule has 3 aromatic rings. The number of amides is 1. The molecule has 3 rings (SSSR count). The molecule has 6 heteroatoms. The fourth-order valence-electron chi connectivity index (χ4n) is 2.64. The van der Waals surface area contributed by atoms with Gasteiger partial charge in [-0.3, -0.25) is 4.79 Å². The van der Waals surface area contributed by atoms with E-state index in [1.54, 1.807) is 30.3 Å². The second-order valence-electron chi connectivity index (χ2n) is 5.69. The van der Waals surface area contributed by atoms with Gasteiger partial charge in [-0.05, 0) is 41.5 Å². The van der Waals surface area contributed by atoms with Gasteiger partial charge in [0.05, 0.1) is 16.3 Å². The molecule has 132 valence electrons. The van der Waals surface area contributed by atoms with Crippen molar-refractivity contribution < 1.29 is 9.90 Å². The van der Waals surface area contributed by atoms with E-state index in [9.17, 15) is 9.90 Å². The molecule has 0 fully saturated rings. The summed E-state index contributed by atoms with van der Waals surface area (Å²) in [5.74, 6) is -0.594. The molecular weight excluding hydrogens is 371 g/mol. The Morgan fingerprint density at radius 1 is 1.04 bits per heavy atom. The number of hydrogen-bond acceptors (Lipinski definition) is 3. The van der Waals surface area contributed by atoms with Crippen molar-refractivity contribution in [1.29, 1.82) is 0 Å². The predicted molar refractivity (Wildman–Crippen MR) is 106 cm³/mol. The predicted octanol–water partition coefficient (Wildman–Crippen LogP) is 5.40. The number of fused-ring (bicyclic) bond motifs is 1. The van der Waals surface area contributed by atoms with Crippen LogP contribution in [0.2, 0.25) is 10.0 Å². The van der Waals surface area contributed by atoms with Crippen LogP contribution in [-0.4, -0.2) is 16.7 Å². The van der Waals surface area contributed by atoms with Gasteiger partial charge in [0.25, 0.3) is 5.91 Å². The first-order valence-electron chi connectivity index (χ1n) is 8.03. The second kappa shape index (κ2) is 7.77. The summed E-state index contributed by atoms with van der Waals surface area (Å²) in [6.45, 7) is 1.91. The molecule has 0 saturated carbocycles. The molecule has 0 heterocycles. The van der Waals surface area contributed by atoms with Gasteiger partial charge < -0.3 is 5.11 Å². The lowest BCUT2D eigenvalue weighted by molar-refractivity contribution is 0.0952. The molecule has 0 aromatic heterocycles. The molecule has 0 aliphatic heterocycles. The fourth-order valence-corrected chi connectivity index (χ4v) is 3.16. The SMILES string of the molecule is CCC(=NNC(=O)c1cc2ccccc2cc1O)c1ccc(Cl)cc1Cl. The Hall–Kier alpha value is -2.56. The number of hydrogen-bond donors (Lipinski definition) is 2. The minimum atomic E-state index is -0.496. The number of nitrogens with one attached hydrogen (secondary N) is 1. The van der Waals surface area contributed by atoms with Crippen LogP contribution < -0.4 is 5.43 Å². The molecule has 3 aromatic carbocycles. The van der Waals surface area contributed by atoms with Gasteiger partial charge in [0, 0.05) is 10.6 Å². The van der Waals surface area contributed by atoms with Crippen molar-refractivity contribution in [2.75, 3.05) is 0 Å². The minimum Gasteiger partial charge on any atom is -0.507 e. The van der Waals surface area contributed by atoms with Gasteiger partial charge in [-0.2, -0.15) is 5.10 Å². The van der Waals surface area contributed by atoms with Crippen molar-refractivity contribution in [3.05, 3.63) is 75.8 Å². The number of hydrazone groups is 1. The van der Waals surface area contributed by atoms with Gasteiger partial charge in [-0.25, -0.2) is 5.43 Å². The first-order valence-corrected chi connectivity index (χ1v) is 8.79. The van der Waals surface area contributed by atoms with Gasteiger partial charge in [-0.1, -0.05) is 60.5 Å². The number of rotatable bonds is 4. The molecular formula is C20H16Cl2N2O2. The highest BCUT2D eigenvalue weighted by Gasteiger charge is 2.13. The standard InChI is InChI=1S/C20H16Cl2N2O2/c1-2-18(15-8-7-14(21)11-17(15)22)23-24-20(26)16-9-12-5-3-4-6-13(12)10-19(16)25/h3-11,25H,2H2,1H3,(H,24,26). The highest BCUT2D eigenvalue weighted by Crippen LogP contribution is 2.25. The Kier molecular flexibility index (Phi) is 5.45. The third-order valence-corrected chi connectivity index (χ3v) is 4.53. The molecule has 0 radical (unpaired) electrons. The van der Waals surface area contributed by atoms with E-state index in [1.165, 1.54) is 0 Å². The van der Waals surface area contributed by atoms with E-state index in [4.69, 9.17) is 23.2 Å². The topological polar surface area (TPSA) is 61.7 Å². The lowest BCUT2D eigenvalue weighted by Gasteiger charge is -2.09. The molecule has 1 amide bonds. The van der Waals surface area contributed by atoms with Crippen LogP contribution >= 0.6 is 23.2 Å². The van der Waals surface area contributed by atoms with Crippen molar-refractivity contribution >= 4 is 45.6 Å². The lowest BCUT2D eigenvalue weighted by Crippen LogP contribution is -2.20. The smallest absolute Gasteiger partial charge is 0.275 e. The molecule has 0 saturated heterocycles. The number of carbonyl (C=O) groups excluding carboxylic acids is 1. The molecule has 26 heavy (non-hydrogen) atoms. The number of carbonyl (C=O) groups is 1. The van der Waals surface area contributed by atoms with Crippen LogP contribution in [0.3, 0.4) is 0 Å². The van der Waals surface area contributed by atoms with Crippen LogP contribution in [0.25, 0.3) is 10.8 Å². The molecule has 0 aliphatic rings. The summed E-state index contributed by atoms with van der Waals surface area (Å²) in [6.07, 6.45) is 0.561. The monoisotopic (exact) mass is 386 g/mol. The zero-order chi connectivity index (χ0) is 18.7. The van der Waals surface area contributed by atoms with E-state index in [0.717, 1.165) is 10.8 Å². The first kappa shape index (κ1) is 18.2. The molecule has 0 spiro atoms. The average molecular weight is 387 g/mol. The van der Waals surface area contributed by atoms with Crippen LogP contribution in [0.15, 0.2) is 59.7 Å². The summed E-state index contributed by atoms with van der Waals surface area (Å²) in [7, 11) is 0. The number of nitrogens with zero attached hydrogens (tertiary/aromatic N) is 1. The quantitative estimate of drug-likeness (QED) is 0.465. The Bertz CT molecular complexity index is 1020. The van der Waals surface area contributed by atoms with Gasteiger partial charge in [-0.15, -0.1) is 0 Å². The van der Waals surface area contributed by atoms with E-state index in [0.29, 0.717) is 27.7 Å². The van der Waals surface area contributed by atoms with Crippen molar-refractivity contribution in [3.8, 4) is 5.75 Å². The Balaban J connectivity index is 1.89. The first-order chi connectivity index (χ1) is 12.5. The molecule has 4 nitrogen and oxygen atoms in total. The third-order valence-electron chi connectivity index (χ3n) is 3.98. The third kappa shape index (κ3) is 3.82. The highest BCUT2D eigenvalue weighted by molar-refractivity contribution is 6.37. The second-order valence-corrected chi connectivity index (χ2v) is 6.54. The van der Waals surface area contributed by atoms with E-state index in [2.05, 4.69) is 10.5 Å². The number of benzene rings is 3. The van der Waals surface area contributed by atoms with E-state index < -0.39 is 5.91 Å². The number of phenolic OH excluding ortho intramolecular Hbond substituents is 1. The molecule has 0 bridgehead atoms. The number of phenols is 1. The average Bonchev–Trinajstić information content (AvgIpc) is 2.62. The summed E-state index contributed by atoms with van der Waals surface area (Å²) in [5.41, 5.74) is 3.96. The zero-order valence-electron chi connectivity index (χ0n) is 14.0. The van der Waals surface area contributed by atoms with Gasteiger partial charge in [0.1, 0.15) is 5.75 Å². The Morgan fingerprint density at radius 3 is 2.38 bits per heavy atom. The maximum atomic E-state index is 12.5. The maximum Gasteiger partial charge on any atom is 0.275 e. The van der Waals surface area contributed by atoms with Crippen LogP contribution in [0.5, 0.6) is 5.75 Å². The van der Waals surface area contributed by atoms with Crippen LogP contribution in [-0.2, 0) is 0 Å². The Morgan fingerprint density at radius 2 is 1.73 bits per heavy atom.